The molecule has 0 radical (unpaired) electrons. The average Bonchev–Trinajstić information content (AvgIpc) is 2.97. The first-order valence-corrected chi connectivity index (χ1v) is 5.73. The minimum atomic E-state index is 0.502. The highest BCUT2D eigenvalue weighted by Gasteiger charge is 2.05. The highest BCUT2D eigenvalue weighted by molar-refractivity contribution is 5.78. The first kappa shape index (κ1) is 10.7. The Balaban J connectivity index is 1.67. The molecule has 3 N–H and O–H groups in total. The van der Waals surface area contributed by atoms with Gasteiger partial charge in [-0.25, -0.2) is 0 Å². The summed E-state index contributed by atoms with van der Waals surface area (Å²) in [5.74, 6) is 0.933. The maximum Gasteiger partial charge on any atom is 0.295 e. The second kappa shape index (κ2) is 4.44. The Bertz CT molecular complexity index is 643. The predicted octanol–water partition coefficient (Wildman–Crippen LogP) is 2.66. The van der Waals surface area contributed by atoms with Crippen LogP contribution in [0.15, 0.2) is 45.4 Å². The maximum absolute atomic E-state index is 5.68. The molecule has 0 saturated carbocycles. The number of nitrogen functional groups attached to an aromatic ring is 1. The van der Waals surface area contributed by atoms with Gasteiger partial charge in [-0.15, -0.1) is 0 Å². The molecule has 0 aliphatic heterocycles. The summed E-state index contributed by atoms with van der Waals surface area (Å²) in [6.45, 7) is 0.704. The zero-order chi connectivity index (χ0) is 12.4. The first-order valence-electron chi connectivity index (χ1n) is 5.73. The highest BCUT2D eigenvalue weighted by Crippen LogP contribution is 2.20. The van der Waals surface area contributed by atoms with Crippen LogP contribution in [-0.2, 0) is 6.42 Å². The summed E-state index contributed by atoms with van der Waals surface area (Å²) in [4.78, 5) is 4.31. The van der Waals surface area contributed by atoms with Gasteiger partial charge in [0.15, 0.2) is 5.58 Å². The summed E-state index contributed by atoms with van der Waals surface area (Å²) in [6, 6.07) is 9.72. The lowest BCUT2D eigenvalue weighted by Crippen LogP contribution is -2.04. The molecule has 0 amide bonds. The van der Waals surface area contributed by atoms with Crippen molar-refractivity contribution in [3.8, 4) is 0 Å². The monoisotopic (exact) mass is 243 g/mol. The van der Waals surface area contributed by atoms with Crippen molar-refractivity contribution in [1.82, 2.24) is 4.98 Å². The van der Waals surface area contributed by atoms with Gasteiger partial charge in [-0.1, -0.05) is 0 Å². The molecule has 3 aromatic rings. The van der Waals surface area contributed by atoms with Crippen LogP contribution in [-0.4, -0.2) is 11.5 Å². The Labute approximate surface area is 104 Å². The van der Waals surface area contributed by atoms with Crippen molar-refractivity contribution in [3.05, 3.63) is 42.4 Å². The smallest absolute Gasteiger partial charge is 0.295 e. The number of oxazole rings is 1. The van der Waals surface area contributed by atoms with E-state index in [4.69, 9.17) is 14.6 Å². The number of hydrogen-bond acceptors (Lipinski definition) is 5. The molecule has 1 aromatic carbocycles. The molecule has 92 valence electrons. The average molecular weight is 243 g/mol. The molecule has 5 nitrogen and oxygen atoms in total. The van der Waals surface area contributed by atoms with Gasteiger partial charge in [0.1, 0.15) is 11.3 Å². The van der Waals surface area contributed by atoms with Crippen molar-refractivity contribution in [1.29, 1.82) is 0 Å². The molecule has 2 aromatic heterocycles. The number of aromatic nitrogens is 1. The molecule has 0 aliphatic rings. The zero-order valence-corrected chi connectivity index (χ0v) is 9.72. The fraction of sp³-hybridized carbons (Fsp3) is 0.154. The third kappa shape index (κ3) is 2.15. The van der Waals surface area contributed by atoms with Crippen LogP contribution in [0, 0.1) is 0 Å². The third-order valence-corrected chi connectivity index (χ3v) is 2.64. The second-order valence-corrected chi connectivity index (χ2v) is 4.00. The highest BCUT2D eigenvalue weighted by atomic mass is 16.4. The molecule has 18 heavy (non-hydrogen) atoms. The third-order valence-electron chi connectivity index (χ3n) is 2.64. The Morgan fingerprint density at radius 3 is 3.06 bits per heavy atom. The fourth-order valence-electron chi connectivity index (χ4n) is 1.76. The number of benzene rings is 1. The molecule has 0 bridgehead atoms. The van der Waals surface area contributed by atoms with Gasteiger partial charge in [0.25, 0.3) is 6.01 Å². The normalized spacial score (nSPS) is 10.9. The largest absolute Gasteiger partial charge is 0.469 e. The van der Waals surface area contributed by atoms with Crippen LogP contribution < -0.4 is 11.1 Å². The molecule has 0 aliphatic carbocycles. The summed E-state index contributed by atoms with van der Waals surface area (Å²) in [5.41, 5.74) is 7.83. The Morgan fingerprint density at radius 2 is 2.22 bits per heavy atom. The van der Waals surface area contributed by atoms with E-state index in [9.17, 15) is 0 Å². The van der Waals surface area contributed by atoms with E-state index in [1.807, 2.05) is 18.2 Å². The van der Waals surface area contributed by atoms with Crippen molar-refractivity contribution in [2.24, 2.45) is 0 Å². The molecule has 0 spiro atoms. The fourth-order valence-corrected chi connectivity index (χ4v) is 1.76. The van der Waals surface area contributed by atoms with Crippen molar-refractivity contribution in [2.45, 2.75) is 6.42 Å². The van der Waals surface area contributed by atoms with Gasteiger partial charge in [-0.3, -0.25) is 0 Å². The molecular formula is C13H13N3O2. The van der Waals surface area contributed by atoms with Crippen molar-refractivity contribution >= 4 is 22.8 Å². The van der Waals surface area contributed by atoms with Crippen molar-refractivity contribution < 1.29 is 8.83 Å². The van der Waals surface area contributed by atoms with Crippen LogP contribution >= 0.6 is 0 Å². The number of nitrogens with two attached hydrogens (primary N) is 1. The molecule has 5 heteroatoms. The lowest BCUT2D eigenvalue weighted by molar-refractivity contribution is 0.511. The SMILES string of the molecule is Nc1ccc2nc(NCCc3ccco3)oc2c1. The first-order chi connectivity index (χ1) is 8.81. The molecular weight excluding hydrogens is 230 g/mol. The second-order valence-electron chi connectivity index (χ2n) is 4.00. The number of anilines is 2. The van der Waals surface area contributed by atoms with Crippen LogP contribution in [0.2, 0.25) is 0 Å². The molecule has 0 atom stereocenters. The van der Waals surface area contributed by atoms with Crippen molar-refractivity contribution in [2.75, 3.05) is 17.6 Å². The van der Waals surface area contributed by atoms with Crippen LogP contribution in [0.1, 0.15) is 5.76 Å². The topological polar surface area (TPSA) is 77.2 Å². The molecule has 0 saturated heterocycles. The molecule has 0 fully saturated rings. The van der Waals surface area contributed by atoms with Gasteiger partial charge in [-0.05, 0) is 24.3 Å². The summed E-state index contributed by atoms with van der Waals surface area (Å²) >= 11 is 0. The summed E-state index contributed by atoms with van der Waals surface area (Å²) in [7, 11) is 0. The van der Waals surface area contributed by atoms with Crippen molar-refractivity contribution in [3.63, 3.8) is 0 Å². The van der Waals surface area contributed by atoms with E-state index in [1.54, 1.807) is 18.4 Å². The quantitative estimate of drug-likeness (QED) is 0.689. The van der Waals surface area contributed by atoms with Crippen LogP contribution in [0.3, 0.4) is 0 Å². The molecule has 2 heterocycles. The lowest BCUT2D eigenvalue weighted by atomic mass is 10.3. The Morgan fingerprint density at radius 1 is 1.28 bits per heavy atom. The minimum absolute atomic E-state index is 0.502. The van der Waals surface area contributed by atoms with Gasteiger partial charge in [0.2, 0.25) is 0 Å². The Kier molecular flexibility index (Phi) is 2.64. The summed E-state index contributed by atoms with van der Waals surface area (Å²) in [5, 5.41) is 3.11. The van der Waals surface area contributed by atoms with E-state index < -0.39 is 0 Å². The Hall–Kier alpha value is -2.43. The summed E-state index contributed by atoms with van der Waals surface area (Å²) in [6.07, 6.45) is 2.45. The number of nitrogens with zero attached hydrogens (tertiary/aromatic N) is 1. The number of nitrogens with one attached hydrogen (secondary N) is 1. The number of rotatable bonds is 4. The van der Waals surface area contributed by atoms with E-state index in [2.05, 4.69) is 10.3 Å². The minimum Gasteiger partial charge on any atom is -0.469 e. The molecule has 0 unspecified atom stereocenters. The van der Waals surface area contributed by atoms with E-state index >= 15 is 0 Å². The number of fused-ring (bicyclic) bond motifs is 1. The van der Waals surface area contributed by atoms with Crippen LogP contribution in [0.5, 0.6) is 0 Å². The predicted molar refractivity (Wildman–Crippen MR) is 69.3 cm³/mol. The molecule has 3 rings (SSSR count). The maximum atomic E-state index is 5.68. The zero-order valence-electron chi connectivity index (χ0n) is 9.72. The number of furan rings is 1. The summed E-state index contributed by atoms with van der Waals surface area (Å²) < 4.78 is 10.8. The van der Waals surface area contributed by atoms with E-state index in [1.165, 1.54) is 0 Å². The van der Waals surface area contributed by atoms with Crippen LogP contribution in [0.4, 0.5) is 11.7 Å². The van der Waals surface area contributed by atoms with Gasteiger partial charge >= 0.3 is 0 Å². The van der Waals surface area contributed by atoms with Gasteiger partial charge < -0.3 is 19.9 Å². The van der Waals surface area contributed by atoms with Gasteiger partial charge in [0, 0.05) is 24.7 Å². The standard InChI is InChI=1S/C13H13N3O2/c14-9-3-4-11-12(8-9)18-13(16-11)15-6-5-10-2-1-7-17-10/h1-4,7-8H,5-6,14H2,(H,15,16). The van der Waals surface area contributed by atoms with E-state index in [0.717, 1.165) is 17.7 Å². The van der Waals surface area contributed by atoms with E-state index in [-0.39, 0.29) is 0 Å². The van der Waals surface area contributed by atoms with Gasteiger partial charge in [0.05, 0.1) is 6.26 Å². The number of hydrogen-bond donors (Lipinski definition) is 2. The van der Waals surface area contributed by atoms with Crippen LogP contribution in [0.25, 0.3) is 11.1 Å². The van der Waals surface area contributed by atoms with E-state index in [0.29, 0.717) is 23.8 Å². The lowest BCUT2D eigenvalue weighted by Gasteiger charge is -1.98. The van der Waals surface area contributed by atoms with Gasteiger partial charge in [-0.2, -0.15) is 4.98 Å².